The summed E-state index contributed by atoms with van der Waals surface area (Å²) >= 11 is 0. The number of hydrogen-bond donors (Lipinski definition) is 1. The predicted molar refractivity (Wildman–Crippen MR) is 125 cm³/mol. The van der Waals surface area contributed by atoms with Gasteiger partial charge in [0.25, 0.3) is 11.8 Å². The fraction of sp³-hybridized carbons (Fsp3) is 0.308. The van der Waals surface area contributed by atoms with Crippen molar-refractivity contribution in [1.29, 1.82) is 5.26 Å². The lowest BCUT2D eigenvalue weighted by atomic mass is 9.95. The van der Waals surface area contributed by atoms with Gasteiger partial charge in [-0.05, 0) is 62.1 Å². The number of amides is 2. The Hall–Kier alpha value is -4.13. The Morgan fingerprint density at radius 2 is 1.94 bits per heavy atom. The third-order valence-electron chi connectivity index (χ3n) is 6.84. The second-order valence-electron chi connectivity index (χ2n) is 9.38. The molecule has 184 valence electrons. The summed E-state index contributed by atoms with van der Waals surface area (Å²) < 4.78 is 41.5. The van der Waals surface area contributed by atoms with Crippen LogP contribution in [-0.4, -0.2) is 33.8 Å². The van der Waals surface area contributed by atoms with Crippen LogP contribution >= 0.6 is 0 Å². The van der Waals surface area contributed by atoms with Crippen LogP contribution in [0.4, 0.5) is 24.5 Å². The van der Waals surface area contributed by atoms with Crippen LogP contribution in [0.5, 0.6) is 0 Å². The van der Waals surface area contributed by atoms with Crippen molar-refractivity contribution in [2.24, 2.45) is 5.41 Å². The predicted octanol–water partition coefficient (Wildman–Crippen LogP) is 4.94. The Morgan fingerprint density at radius 3 is 2.58 bits per heavy atom. The Balaban J connectivity index is 1.38. The maximum Gasteiger partial charge on any atom is 0.394 e. The van der Waals surface area contributed by atoms with Crippen molar-refractivity contribution >= 4 is 23.2 Å². The van der Waals surface area contributed by atoms with Crippen LogP contribution in [0.25, 0.3) is 0 Å². The molecule has 1 atom stereocenters. The number of carbonyl (C=O) groups is 2. The number of halogens is 3. The Labute approximate surface area is 205 Å². The first-order valence-electron chi connectivity index (χ1n) is 11.5. The number of anilines is 2. The largest absolute Gasteiger partial charge is 0.394 e. The van der Waals surface area contributed by atoms with Gasteiger partial charge in [0.2, 0.25) is 0 Å². The number of alkyl halides is 3. The van der Waals surface area contributed by atoms with Crippen LogP contribution in [0.15, 0.2) is 54.7 Å². The molecular weight excluding hydrogens is 471 g/mol. The molecule has 1 saturated carbocycles. The molecule has 1 N–H and O–H groups in total. The fourth-order valence-corrected chi connectivity index (χ4v) is 4.67. The summed E-state index contributed by atoms with van der Waals surface area (Å²) in [4.78, 5) is 28.0. The molecule has 5 rings (SSSR count). The number of nitrogens with one attached hydrogen (secondary N) is 1. The Morgan fingerprint density at radius 1 is 1.22 bits per heavy atom. The molecule has 1 aliphatic carbocycles. The first-order chi connectivity index (χ1) is 17.1. The highest BCUT2D eigenvalue weighted by Gasteiger charge is 2.62. The summed E-state index contributed by atoms with van der Waals surface area (Å²) in [5.74, 6) is -0.963. The van der Waals surface area contributed by atoms with Gasteiger partial charge >= 0.3 is 6.18 Å². The first-order valence-corrected chi connectivity index (χ1v) is 11.5. The van der Waals surface area contributed by atoms with Crippen molar-refractivity contribution in [3.05, 3.63) is 77.1 Å². The van der Waals surface area contributed by atoms with Crippen LogP contribution in [0.1, 0.15) is 51.7 Å². The van der Waals surface area contributed by atoms with Gasteiger partial charge in [-0.25, -0.2) is 0 Å². The third-order valence-corrected chi connectivity index (χ3v) is 6.84. The minimum absolute atomic E-state index is 0.0790. The van der Waals surface area contributed by atoms with Gasteiger partial charge in [0, 0.05) is 11.4 Å². The van der Waals surface area contributed by atoms with Gasteiger partial charge in [0.15, 0.2) is 0 Å². The molecule has 1 fully saturated rings. The Kier molecular flexibility index (Phi) is 5.58. The van der Waals surface area contributed by atoms with Crippen LogP contribution in [0, 0.1) is 16.7 Å². The molecule has 0 saturated heterocycles. The maximum absolute atomic E-state index is 13.5. The number of benzene rings is 2. The van der Waals surface area contributed by atoms with Crippen molar-refractivity contribution in [2.75, 3.05) is 10.2 Å². The normalized spacial score (nSPS) is 18.4. The zero-order valence-electron chi connectivity index (χ0n) is 19.3. The number of aromatic nitrogens is 2. The number of rotatable bonds is 5. The summed E-state index contributed by atoms with van der Waals surface area (Å²) in [5.41, 5.74) is 0.480. The molecule has 0 radical (unpaired) electrons. The van der Waals surface area contributed by atoms with Crippen molar-refractivity contribution in [2.45, 2.75) is 44.9 Å². The van der Waals surface area contributed by atoms with E-state index in [9.17, 15) is 22.8 Å². The van der Waals surface area contributed by atoms with E-state index in [1.54, 1.807) is 42.5 Å². The SMILES string of the molecule is CC1Cn2ncc(C(=O)Nc3cccc(C#N)c3)c2C(=O)N1c1ccc(CC2(C(F)(F)F)CC2)cc1. The average Bonchev–Trinajstić information content (AvgIpc) is 3.51. The average molecular weight is 493 g/mol. The van der Waals surface area contributed by atoms with Crippen molar-refractivity contribution in [3.8, 4) is 6.07 Å². The lowest BCUT2D eigenvalue weighted by Gasteiger charge is -2.34. The van der Waals surface area contributed by atoms with E-state index in [0.29, 0.717) is 29.0 Å². The van der Waals surface area contributed by atoms with Gasteiger partial charge in [-0.15, -0.1) is 0 Å². The molecule has 7 nitrogen and oxygen atoms in total. The first kappa shape index (κ1) is 23.6. The van der Waals surface area contributed by atoms with Crippen LogP contribution in [0.3, 0.4) is 0 Å². The molecule has 1 unspecified atom stereocenters. The molecule has 1 aliphatic heterocycles. The molecule has 10 heteroatoms. The van der Waals surface area contributed by atoms with E-state index in [0.717, 1.165) is 0 Å². The molecule has 2 aliphatic rings. The summed E-state index contributed by atoms with van der Waals surface area (Å²) in [6, 6.07) is 14.7. The molecule has 0 bridgehead atoms. The van der Waals surface area contributed by atoms with E-state index < -0.39 is 23.4 Å². The summed E-state index contributed by atoms with van der Waals surface area (Å²) in [5, 5.41) is 16.0. The third kappa shape index (κ3) is 4.11. The minimum atomic E-state index is -4.23. The van der Waals surface area contributed by atoms with E-state index in [1.165, 1.54) is 21.8 Å². The summed E-state index contributed by atoms with van der Waals surface area (Å²) in [6.45, 7) is 2.18. The van der Waals surface area contributed by atoms with Gasteiger partial charge in [-0.1, -0.05) is 18.2 Å². The monoisotopic (exact) mass is 493 g/mol. The van der Waals surface area contributed by atoms with Gasteiger partial charge < -0.3 is 10.2 Å². The van der Waals surface area contributed by atoms with E-state index in [4.69, 9.17) is 5.26 Å². The van der Waals surface area contributed by atoms with E-state index >= 15 is 0 Å². The van der Waals surface area contributed by atoms with E-state index in [-0.39, 0.29) is 36.6 Å². The van der Waals surface area contributed by atoms with Crippen molar-refractivity contribution in [3.63, 3.8) is 0 Å². The van der Waals surface area contributed by atoms with Gasteiger partial charge in [-0.2, -0.15) is 23.5 Å². The number of carbonyl (C=O) groups excluding carboxylic acids is 2. The van der Waals surface area contributed by atoms with Gasteiger partial charge in [-0.3, -0.25) is 14.3 Å². The maximum atomic E-state index is 13.5. The van der Waals surface area contributed by atoms with E-state index in [1.807, 2.05) is 13.0 Å². The highest BCUT2D eigenvalue weighted by Crippen LogP contribution is 2.59. The second kappa shape index (κ2) is 8.52. The minimum Gasteiger partial charge on any atom is -0.322 e. The number of nitriles is 1. The highest BCUT2D eigenvalue weighted by molar-refractivity contribution is 6.15. The molecule has 1 aromatic heterocycles. The second-order valence-corrected chi connectivity index (χ2v) is 9.38. The van der Waals surface area contributed by atoms with Crippen molar-refractivity contribution < 1.29 is 22.8 Å². The zero-order valence-corrected chi connectivity index (χ0v) is 19.3. The van der Waals surface area contributed by atoms with Gasteiger partial charge in [0.1, 0.15) is 5.69 Å². The standard InChI is InChI=1S/C26H22F3N5O2/c1-16-15-33-22(21(14-31-33)23(35)32-19-4-2-3-18(11-19)13-30)24(36)34(16)20-7-5-17(6-8-20)12-25(9-10-25)26(27,28)29/h2-8,11,14,16H,9-10,12,15H2,1H3,(H,32,35). The molecule has 2 heterocycles. The number of fused-ring (bicyclic) bond motifs is 1. The van der Waals surface area contributed by atoms with Crippen molar-refractivity contribution in [1.82, 2.24) is 9.78 Å². The molecule has 0 spiro atoms. The molecule has 36 heavy (non-hydrogen) atoms. The topological polar surface area (TPSA) is 91.0 Å². The molecule has 2 amide bonds. The van der Waals surface area contributed by atoms with Crippen LogP contribution < -0.4 is 10.2 Å². The molecule has 2 aromatic carbocycles. The highest BCUT2D eigenvalue weighted by atomic mass is 19.4. The number of nitrogens with zero attached hydrogens (tertiary/aromatic N) is 4. The molecular formula is C26H22F3N5O2. The quantitative estimate of drug-likeness (QED) is 0.545. The van der Waals surface area contributed by atoms with Crippen LogP contribution in [0.2, 0.25) is 0 Å². The zero-order chi connectivity index (χ0) is 25.7. The summed E-state index contributed by atoms with van der Waals surface area (Å²) in [7, 11) is 0. The lowest BCUT2D eigenvalue weighted by molar-refractivity contribution is -0.186. The van der Waals surface area contributed by atoms with Crippen LogP contribution in [-0.2, 0) is 13.0 Å². The smallest absolute Gasteiger partial charge is 0.322 e. The number of hydrogen-bond acceptors (Lipinski definition) is 4. The Bertz CT molecular complexity index is 1380. The molecule has 3 aromatic rings. The fourth-order valence-electron chi connectivity index (χ4n) is 4.67. The summed E-state index contributed by atoms with van der Waals surface area (Å²) in [6.07, 6.45) is -2.70. The van der Waals surface area contributed by atoms with Gasteiger partial charge in [0.05, 0.1) is 41.4 Å². The van der Waals surface area contributed by atoms with E-state index in [2.05, 4.69) is 10.4 Å². The lowest BCUT2D eigenvalue weighted by Crippen LogP contribution is -2.47.